The average Bonchev–Trinajstić information content (AvgIpc) is 2.27. The molecule has 0 heterocycles. The van der Waals surface area contributed by atoms with Crippen molar-refractivity contribution in [3.63, 3.8) is 0 Å². The first-order valence-corrected chi connectivity index (χ1v) is 7.83. The lowest BCUT2D eigenvalue weighted by Gasteiger charge is -2.25. The Morgan fingerprint density at radius 1 is 1.33 bits per heavy atom. The summed E-state index contributed by atoms with van der Waals surface area (Å²) in [6, 6.07) is 7.06. The summed E-state index contributed by atoms with van der Waals surface area (Å²) < 4.78 is 26.9. The van der Waals surface area contributed by atoms with E-state index in [1.807, 2.05) is 13.1 Å². The second kappa shape index (κ2) is 5.82. The Morgan fingerprint density at radius 3 is 2.72 bits per heavy atom. The van der Waals surface area contributed by atoms with Gasteiger partial charge < -0.3 is 5.32 Å². The van der Waals surface area contributed by atoms with Crippen LogP contribution in [-0.2, 0) is 16.6 Å². The van der Waals surface area contributed by atoms with Crippen molar-refractivity contribution in [2.75, 3.05) is 13.6 Å². The van der Waals surface area contributed by atoms with E-state index in [2.05, 4.69) is 10.0 Å². The lowest BCUT2D eigenvalue weighted by molar-refractivity contribution is 0.316. The van der Waals surface area contributed by atoms with E-state index in [-0.39, 0.29) is 0 Å². The Labute approximate surface area is 109 Å². The van der Waals surface area contributed by atoms with Gasteiger partial charge >= 0.3 is 0 Å². The second-order valence-electron chi connectivity index (χ2n) is 4.83. The van der Waals surface area contributed by atoms with Crippen LogP contribution in [0.4, 0.5) is 0 Å². The molecule has 0 atom stereocenters. The predicted molar refractivity (Wildman–Crippen MR) is 71.7 cm³/mol. The van der Waals surface area contributed by atoms with Gasteiger partial charge in [-0.05, 0) is 43.5 Å². The molecule has 1 saturated carbocycles. The van der Waals surface area contributed by atoms with Crippen LogP contribution in [0.3, 0.4) is 0 Å². The maximum atomic E-state index is 12.1. The number of rotatable bonds is 6. The molecule has 0 unspecified atom stereocenters. The van der Waals surface area contributed by atoms with E-state index >= 15 is 0 Å². The Kier molecular flexibility index (Phi) is 4.37. The van der Waals surface area contributed by atoms with Crippen LogP contribution in [0.25, 0.3) is 0 Å². The third kappa shape index (κ3) is 3.31. The van der Waals surface area contributed by atoms with Crippen LogP contribution in [0.1, 0.15) is 24.8 Å². The summed E-state index contributed by atoms with van der Waals surface area (Å²) in [5.41, 5.74) is 0.976. The average molecular weight is 268 g/mol. The van der Waals surface area contributed by atoms with Gasteiger partial charge in [0, 0.05) is 13.1 Å². The minimum Gasteiger partial charge on any atom is -0.316 e. The predicted octanol–water partition coefficient (Wildman–Crippen LogP) is 1.48. The fourth-order valence-corrected chi connectivity index (χ4v) is 3.22. The summed E-state index contributed by atoms with van der Waals surface area (Å²) >= 11 is 0. The zero-order valence-corrected chi connectivity index (χ0v) is 11.5. The Balaban J connectivity index is 2.05. The van der Waals surface area contributed by atoms with Crippen molar-refractivity contribution in [2.45, 2.75) is 30.7 Å². The first-order valence-electron chi connectivity index (χ1n) is 6.35. The number of nitrogens with one attached hydrogen (secondary N) is 2. The number of hydrogen-bond donors (Lipinski definition) is 2. The first kappa shape index (κ1) is 13.5. The summed E-state index contributed by atoms with van der Waals surface area (Å²) in [4.78, 5) is 0.356. The van der Waals surface area contributed by atoms with Crippen molar-refractivity contribution in [1.29, 1.82) is 0 Å². The molecule has 100 valence electrons. The monoisotopic (exact) mass is 268 g/mol. The molecule has 1 fully saturated rings. The molecule has 2 N–H and O–H groups in total. The van der Waals surface area contributed by atoms with E-state index in [1.54, 1.807) is 18.2 Å². The van der Waals surface area contributed by atoms with E-state index in [1.165, 1.54) is 6.42 Å². The van der Waals surface area contributed by atoms with Crippen LogP contribution in [0, 0.1) is 5.92 Å². The highest BCUT2D eigenvalue weighted by Gasteiger charge is 2.21. The summed E-state index contributed by atoms with van der Waals surface area (Å²) in [5, 5.41) is 3.02. The van der Waals surface area contributed by atoms with E-state index in [0.29, 0.717) is 23.9 Å². The van der Waals surface area contributed by atoms with Crippen molar-refractivity contribution in [3.8, 4) is 0 Å². The maximum absolute atomic E-state index is 12.1. The van der Waals surface area contributed by atoms with Gasteiger partial charge in [0.25, 0.3) is 0 Å². The highest BCUT2D eigenvalue weighted by molar-refractivity contribution is 7.89. The van der Waals surface area contributed by atoms with Crippen molar-refractivity contribution >= 4 is 10.0 Å². The zero-order valence-electron chi connectivity index (χ0n) is 10.6. The molecule has 2 rings (SSSR count). The maximum Gasteiger partial charge on any atom is 0.240 e. The Bertz CT molecular complexity index is 495. The third-order valence-corrected chi connectivity index (χ3v) is 4.80. The van der Waals surface area contributed by atoms with Crippen LogP contribution in [0.2, 0.25) is 0 Å². The highest BCUT2D eigenvalue weighted by Crippen LogP contribution is 2.25. The summed E-state index contributed by atoms with van der Waals surface area (Å²) in [6.07, 6.45) is 3.51. The van der Waals surface area contributed by atoms with Gasteiger partial charge in [-0.1, -0.05) is 18.6 Å². The van der Waals surface area contributed by atoms with Crippen molar-refractivity contribution in [1.82, 2.24) is 10.0 Å². The highest BCUT2D eigenvalue weighted by atomic mass is 32.2. The van der Waals surface area contributed by atoms with Crippen LogP contribution < -0.4 is 10.0 Å². The fourth-order valence-electron chi connectivity index (χ4n) is 2.03. The topological polar surface area (TPSA) is 58.2 Å². The Morgan fingerprint density at radius 2 is 2.11 bits per heavy atom. The van der Waals surface area contributed by atoms with Gasteiger partial charge in [-0.15, -0.1) is 0 Å². The molecule has 0 radical (unpaired) electrons. The molecule has 0 bridgehead atoms. The quantitative estimate of drug-likeness (QED) is 0.821. The zero-order chi connectivity index (χ0) is 13.0. The lowest BCUT2D eigenvalue weighted by Crippen LogP contribution is -2.32. The van der Waals surface area contributed by atoms with Crippen LogP contribution in [0.5, 0.6) is 0 Å². The molecule has 0 aromatic heterocycles. The van der Waals surface area contributed by atoms with E-state index in [9.17, 15) is 8.42 Å². The molecule has 18 heavy (non-hydrogen) atoms. The van der Waals surface area contributed by atoms with Gasteiger partial charge in [-0.25, -0.2) is 13.1 Å². The van der Waals surface area contributed by atoms with E-state index < -0.39 is 10.0 Å². The molecule has 5 heteroatoms. The van der Waals surface area contributed by atoms with Crippen LogP contribution in [0.15, 0.2) is 29.2 Å². The van der Waals surface area contributed by atoms with Gasteiger partial charge in [0.2, 0.25) is 10.0 Å². The minimum absolute atomic E-state index is 0.356. The molecule has 0 spiro atoms. The first-order chi connectivity index (χ1) is 8.62. The summed E-state index contributed by atoms with van der Waals surface area (Å²) in [5.74, 6) is 0.528. The normalized spacial score (nSPS) is 16.5. The molecule has 4 nitrogen and oxygen atoms in total. The van der Waals surface area contributed by atoms with Crippen molar-refractivity contribution in [2.24, 2.45) is 5.92 Å². The van der Waals surface area contributed by atoms with Crippen LogP contribution in [-0.4, -0.2) is 22.0 Å². The SMILES string of the molecule is CNCc1cccc(S(=O)(=O)NCC2CCC2)c1. The minimum atomic E-state index is -3.35. The number of hydrogen-bond acceptors (Lipinski definition) is 3. The standard InChI is InChI=1S/C13H20N2O2S/c1-14-9-12-6-3-7-13(8-12)18(16,17)15-10-11-4-2-5-11/h3,6-8,11,14-15H,2,4-5,9-10H2,1H3. The van der Waals surface area contributed by atoms with Crippen molar-refractivity contribution in [3.05, 3.63) is 29.8 Å². The number of benzene rings is 1. The van der Waals surface area contributed by atoms with Gasteiger partial charge in [-0.3, -0.25) is 0 Å². The summed E-state index contributed by atoms with van der Waals surface area (Å²) in [6.45, 7) is 1.24. The fraction of sp³-hybridized carbons (Fsp3) is 0.538. The smallest absolute Gasteiger partial charge is 0.240 e. The van der Waals surface area contributed by atoms with Gasteiger partial charge in [-0.2, -0.15) is 0 Å². The lowest BCUT2D eigenvalue weighted by atomic mass is 9.86. The second-order valence-corrected chi connectivity index (χ2v) is 6.59. The molecule has 0 amide bonds. The molecule has 0 saturated heterocycles. The molecular weight excluding hydrogens is 248 g/mol. The number of sulfonamides is 1. The van der Waals surface area contributed by atoms with Crippen molar-refractivity contribution < 1.29 is 8.42 Å². The molecule has 1 aromatic rings. The largest absolute Gasteiger partial charge is 0.316 e. The molecule has 1 aliphatic carbocycles. The van der Waals surface area contributed by atoms with E-state index in [4.69, 9.17) is 0 Å². The van der Waals surface area contributed by atoms with Gasteiger partial charge in [0.1, 0.15) is 0 Å². The van der Waals surface area contributed by atoms with Gasteiger partial charge in [0.05, 0.1) is 4.90 Å². The Hall–Kier alpha value is -0.910. The third-order valence-electron chi connectivity index (χ3n) is 3.38. The molecule has 1 aliphatic rings. The van der Waals surface area contributed by atoms with Crippen LogP contribution >= 0.6 is 0 Å². The summed E-state index contributed by atoms with van der Waals surface area (Å²) in [7, 11) is -1.51. The molecular formula is C13H20N2O2S. The van der Waals surface area contributed by atoms with Gasteiger partial charge in [0.15, 0.2) is 0 Å². The molecule has 1 aromatic carbocycles. The van der Waals surface area contributed by atoms with E-state index in [0.717, 1.165) is 18.4 Å². The molecule has 0 aliphatic heterocycles.